The molecule has 0 spiro atoms. The van der Waals surface area contributed by atoms with E-state index in [1.807, 2.05) is 33.8 Å². The zero-order chi connectivity index (χ0) is 18.8. The maximum Gasteiger partial charge on any atom is 0.339 e. The minimum atomic E-state index is -0.420. The standard InChI is InChI=1S/C19H23N3O4/c1-11(2)22-18-16(10-20-22)15(19(23)25-7-6-24-5)9-17(21-18)14-8-12(3)26-13(14)4/h8-11H,6-7H2,1-5H3. The Kier molecular flexibility index (Phi) is 5.08. The van der Waals surface area contributed by atoms with Crippen molar-refractivity contribution in [2.24, 2.45) is 0 Å². The molecule has 7 nitrogen and oxygen atoms in total. The minimum Gasteiger partial charge on any atom is -0.466 e. The topological polar surface area (TPSA) is 79.4 Å². The van der Waals surface area contributed by atoms with Gasteiger partial charge in [0.1, 0.15) is 18.1 Å². The largest absolute Gasteiger partial charge is 0.466 e. The second kappa shape index (κ2) is 7.29. The first-order valence-electron chi connectivity index (χ1n) is 8.54. The predicted molar refractivity (Wildman–Crippen MR) is 97.2 cm³/mol. The lowest BCUT2D eigenvalue weighted by Gasteiger charge is -2.10. The Balaban J connectivity index is 2.15. The van der Waals surface area contributed by atoms with E-state index in [4.69, 9.17) is 18.9 Å². The van der Waals surface area contributed by atoms with Gasteiger partial charge in [-0.15, -0.1) is 0 Å². The molecular weight excluding hydrogens is 334 g/mol. The lowest BCUT2D eigenvalue weighted by molar-refractivity contribution is 0.0390. The maximum atomic E-state index is 12.6. The number of methoxy groups -OCH3 is 1. The molecule has 26 heavy (non-hydrogen) atoms. The number of hydrogen-bond donors (Lipinski definition) is 0. The second-order valence-corrected chi connectivity index (χ2v) is 6.43. The van der Waals surface area contributed by atoms with Crippen LogP contribution in [0.1, 0.15) is 41.8 Å². The maximum absolute atomic E-state index is 12.6. The van der Waals surface area contributed by atoms with Gasteiger partial charge in [0.15, 0.2) is 5.65 Å². The highest BCUT2D eigenvalue weighted by Gasteiger charge is 2.21. The van der Waals surface area contributed by atoms with Crippen LogP contribution in [0.2, 0.25) is 0 Å². The molecule has 0 bridgehead atoms. The molecule has 3 heterocycles. The molecule has 0 aromatic carbocycles. The van der Waals surface area contributed by atoms with Crippen LogP contribution < -0.4 is 0 Å². The van der Waals surface area contributed by atoms with Crippen molar-refractivity contribution in [2.75, 3.05) is 20.3 Å². The van der Waals surface area contributed by atoms with Crippen LogP contribution in [0.25, 0.3) is 22.3 Å². The fourth-order valence-corrected chi connectivity index (χ4v) is 2.88. The molecule has 0 saturated heterocycles. The average Bonchev–Trinajstić information content (AvgIpc) is 3.16. The van der Waals surface area contributed by atoms with Crippen molar-refractivity contribution in [3.05, 3.63) is 35.4 Å². The number of nitrogens with zero attached hydrogens (tertiary/aromatic N) is 3. The summed E-state index contributed by atoms with van der Waals surface area (Å²) in [7, 11) is 1.56. The number of esters is 1. The third-order valence-electron chi connectivity index (χ3n) is 4.11. The van der Waals surface area contributed by atoms with Crippen molar-refractivity contribution in [1.82, 2.24) is 14.8 Å². The molecule has 0 radical (unpaired) electrons. The van der Waals surface area contributed by atoms with E-state index in [-0.39, 0.29) is 12.6 Å². The van der Waals surface area contributed by atoms with Crippen LogP contribution in [-0.4, -0.2) is 41.1 Å². The number of fused-ring (bicyclic) bond motifs is 1. The van der Waals surface area contributed by atoms with Crippen molar-refractivity contribution in [2.45, 2.75) is 33.7 Å². The number of carbonyl (C=O) groups is 1. The molecule has 0 aliphatic carbocycles. The molecule has 0 N–H and O–H groups in total. The second-order valence-electron chi connectivity index (χ2n) is 6.43. The number of aryl methyl sites for hydroxylation is 2. The van der Waals surface area contributed by atoms with Gasteiger partial charge in [0.2, 0.25) is 0 Å². The summed E-state index contributed by atoms with van der Waals surface area (Å²) >= 11 is 0. The molecule has 138 valence electrons. The molecule has 0 aliphatic rings. The summed E-state index contributed by atoms with van der Waals surface area (Å²) in [6, 6.07) is 3.76. The molecule has 3 rings (SSSR count). The van der Waals surface area contributed by atoms with Crippen LogP contribution in [0.3, 0.4) is 0 Å². The first kappa shape index (κ1) is 18.1. The molecule has 3 aromatic rings. The normalized spacial score (nSPS) is 11.5. The zero-order valence-electron chi connectivity index (χ0n) is 15.7. The van der Waals surface area contributed by atoms with E-state index < -0.39 is 5.97 Å². The van der Waals surface area contributed by atoms with Crippen molar-refractivity contribution in [3.8, 4) is 11.3 Å². The number of carbonyl (C=O) groups excluding carboxylic acids is 1. The molecule has 0 amide bonds. The summed E-state index contributed by atoms with van der Waals surface area (Å²) in [5, 5.41) is 5.06. The van der Waals surface area contributed by atoms with Crippen LogP contribution in [0, 0.1) is 13.8 Å². The van der Waals surface area contributed by atoms with Crippen LogP contribution in [0.15, 0.2) is 22.7 Å². The number of hydrogen-bond acceptors (Lipinski definition) is 6. The van der Waals surface area contributed by atoms with Crippen molar-refractivity contribution >= 4 is 17.0 Å². The SMILES string of the molecule is COCCOC(=O)c1cc(-c2cc(C)oc2C)nc2c1cnn2C(C)C. The van der Waals surface area contributed by atoms with Crippen molar-refractivity contribution in [1.29, 1.82) is 0 Å². The Bertz CT molecular complexity index is 940. The molecule has 0 saturated carbocycles. The van der Waals surface area contributed by atoms with Gasteiger partial charge in [-0.1, -0.05) is 0 Å². The van der Waals surface area contributed by atoms with Gasteiger partial charge in [0.25, 0.3) is 0 Å². The highest BCUT2D eigenvalue weighted by atomic mass is 16.6. The highest BCUT2D eigenvalue weighted by Crippen LogP contribution is 2.30. The number of ether oxygens (including phenoxy) is 2. The smallest absolute Gasteiger partial charge is 0.339 e. The quantitative estimate of drug-likeness (QED) is 0.494. The Morgan fingerprint density at radius 1 is 1.27 bits per heavy atom. The molecular formula is C19H23N3O4. The van der Waals surface area contributed by atoms with E-state index >= 15 is 0 Å². The highest BCUT2D eigenvalue weighted by molar-refractivity contribution is 6.03. The predicted octanol–water partition coefficient (Wildman–Crippen LogP) is 3.69. The fraction of sp³-hybridized carbons (Fsp3) is 0.421. The van der Waals surface area contributed by atoms with Crippen molar-refractivity contribution < 1.29 is 18.7 Å². The van der Waals surface area contributed by atoms with Gasteiger partial charge in [0.05, 0.1) is 29.4 Å². The van der Waals surface area contributed by atoms with E-state index in [0.29, 0.717) is 28.9 Å². The van der Waals surface area contributed by atoms with Gasteiger partial charge in [0, 0.05) is 18.7 Å². The average molecular weight is 357 g/mol. The monoisotopic (exact) mass is 357 g/mol. The number of aromatic nitrogens is 3. The lowest BCUT2D eigenvalue weighted by atomic mass is 10.1. The van der Waals surface area contributed by atoms with Crippen LogP contribution in [-0.2, 0) is 9.47 Å². The third-order valence-corrected chi connectivity index (χ3v) is 4.11. The van der Waals surface area contributed by atoms with E-state index in [9.17, 15) is 4.79 Å². The van der Waals surface area contributed by atoms with Crippen LogP contribution >= 0.6 is 0 Å². The summed E-state index contributed by atoms with van der Waals surface area (Å²) in [5.74, 6) is 1.13. The van der Waals surface area contributed by atoms with Gasteiger partial charge in [-0.3, -0.25) is 0 Å². The Morgan fingerprint density at radius 2 is 2.04 bits per heavy atom. The third kappa shape index (κ3) is 3.35. The molecule has 0 fully saturated rings. The lowest BCUT2D eigenvalue weighted by Crippen LogP contribution is -2.11. The van der Waals surface area contributed by atoms with E-state index in [1.54, 1.807) is 24.1 Å². The Labute approximate surface area is 151 Å². The molecule has 0 aliphatic heterocycles. The molecule has 0 unspecified atom stereocenters. The Hall–Kier alpha value is -2.67. The van der Waals surface area contributed by atoms with Crippen LogP contribution in [0.4, 0.5) is 0 Å². The van der Waals surface area contributed by atoms with E-state index in [0.717, 1.165) is 17.1 Å². The Morgan fingerprint density at radius 3 is 2.65 bits per heavy atom. The van der Waals surface area contributed by atoms with Gasteiger partial charge in [-0.2, -0.15) is 5.10 Å². The van der Waals surface area contributed by atoms with Gasteiger partial charge < -0.3 is 13.9 Å². The van der Waals surface area contributed by atoms with E-state index in [2.05, 4.69) is 5.10 Å². The zero-order valence-corrected chi connectivity index (χ0v) is 15.7. The number of rotatable bonds is 6. The summed E-state index contributed by atoms with van der Waals surface area (Å²) in [4.78, 5) is 17.4. The number of pyridine rings is 1. The molecule has 0 atom stereocenters. The molecule has 3 aromatic heterocycles. The van der Waals surface area contributed by atoms with Gasteiger partial charge >= 0.3 is 5.97 Å². The van der Waals surface area contributed by atoms with Gasteiger partial charge in [-0.25, -0.2) is 14.5 Å². The summed E-state index contributed by atoms with van der Waals surface area (Å²) in [6.45, 7) is 8.34. The fourth-order valence-electron chi connectivity index (χ4n) is 2.88. The van der Waals surface area contributed by atoms with E-state index in [1.165, 1.54) is 0 Å². The van der Waals surface area contributed by atoms with Crippen molar-refractivity contribution in [3.63, 3.8) is 0 Å². The van der Waals surface area contributed by atoms with Crippen LogP contribution in [0.5, 0.6) is 0 Å². The number of furan rings is 1. The first-order valence-corrected chi connectivity index (χ1v) is 8.54. The first-order chi connectivity index (χ1) is 12.4. The summed E-state index contributed by atoms with van der Waals surface area (Å²) < 4.78 is 17.7. The minimum absolute atomic E-state index is 0.111. The summed E-state index contributed by atoms with van der Waals surface area (Å²) in [6.07, 6.45) is 1.66. The summed E-state index contributed by atoms with van der Waals surface area (Å²) in [5.41, 5.74) is 2.60. The molecule has 7 heteroatoms. The van der Waals surface area contributed by atoms with Gasteiger partial charge in [-0.05, 0) is 39.8 Å².